The van der Waals surface area contributed by atoms with Gasteiger partial charge in [0.1, 0.15) is 12.6 Å². The van der Waals surface area contributed by atoms with Crippen molar-refractivity contribution in [3.63, 3.8) is 0 Å². The van der Waals surface area contributed by atoms with Gasteiger partial charge in [0.15, 0.2) is 5.82 Å². The molecule has 0 spiro atoms. The van der Waals surface area contributed by atoms with E-state index in [1.54, 1.807) is 11.8 Å². The van der Waals surface area contributed by atoms with E-state index < -0.39 is 42.5 Å². The molecule has 2 unspecified atom stereocenters. The highest BCUT2D eigenvalue weighted by Gasteiger charge is 2.48. The van der Waals surface area contributed by atoms with Gasteiger partial charge in [-0.25, -0.2) is 0 Å². The largest absolute Gasteiger partial charge is 0.408 e. The van der Waals surface area contributed by atoms with Gasteiger partial charge in [-0.05, 0) is 32.6 Å². The van der Waals surface area contributed by atoms with E-state index in [1.165, 1.54) is 4.90 Å². The number of piperidine rings is 1. The molecule has 0 N–H and O–H groups in total. The van der Waals surface area contributed by atoms with Crippen molar-refractivity contribution in [1.82, 2.24) is 14.5 Å². The molecule has 2 atom stereocenters. The number of carbonyl (C=O) groups excluding carboxylic acids is 1. The summed E-state index contributed by atoms with van der Waals surface area (Å²) >= 11 is 0. The fraction of sp³-hybridized carbons (Fsp3) is 0.750. The first-order valence-corrected chi connectivity index (χ1v) is 10.9. The number of likely N-dealkylation sites (tertiary alicyclic amines) is 1. The van der Waals surface area contributed by atoms with Crippen LogP contribution in [0.3, 0.4) is 0 Å². The van der Waals surface area contributed by atoms with E-state index in [2.05, 4.69) is 4.98 Å². The summed E-state index contributed by atoms with van der Waals surface area (Å²) in [4.78, 5) is 33.7. The van der Waals surface area contributed by atoms with Crippen LogP contribution in [0.15, 0.2) is 4.79 Å². The summed E-state index contributed by atoms with van der Waals surface area (Å²) in [6.45, 7) is 2.66. The number of morpholine rings is 1. The standard InChI is InChI=1S/C20H27F4N5O3/c1-13-12-32-10-9-27(13)17-16(21)18(31)28-8-5-14(20(22,23)24)29(19(28)25-17)11-15(30)26-6-3-2-4-7-26/h13-14H,2-12H2,1H3. The van der Waals surface area contributed by atoms with Crippen molar-refractivity contribution in [2.24, 2.45) is 0 Å². The number of fused-ring (bicyclic) bond motifs is 1. The van der Waals surface area contributed by atoms with Crippen molar-refractivity contribution >= 4 is 17.7 Å². The van der Waals surface area contributed by atoms with Crippen molar-refractivity contribution in [2.45, 2.75) is 57.4 Å². The van der Waals surface area contributed by atoms with E-state index >= 15 is 0 Å². The second-order valence-corrected chi connectivity index (χ2v) is 8.54. The number of aromatic nitrogens is 2. The highest BCUT2D eigenvalue weighted by atomic mass is 19.4. The molecule has 3 aliphatic rings. The lowest BCUT2D eigenvalue weighted by molar-refractivity contribution is -0.154. The fourth-order valence-corrected chi connectivity index (χ4v) is 4.62. The normalized spacial score (nSPS) is 24.5. The number of hydrogen-bond donors (Lipinski definition) is 0. The van der Waals surface area contributed by atoms with Gasteiger partial charge in [0, 0.05) is 26.2 Å². The number of anilines is 2. The minimum atomic E-state index is -4.63. The summed E-state index contributed by atoms with van der Waals surface area (Å²) in [7, 11) is 0. The Kier molecular flexibility index (Phi) is 6.33. The van der Waals surface area contributed by atoms with Crippen LogP contribution in [0, 0.1) is 5.82 Å². The maximum absolute atomic E-state index is 15.0. The van der Waals surface area contributed by atoms with E-state index in [0.29, 0.717) is 13.1 Å². The van der Waals surface area contributed by atoms with Gasteiger partial charge >= 0.3 is 6.18 Å². The van der Waals surface area contributed by atoms with Crippen LogP contribution in [0.25, 0.3) is 0 Å². The molecule has 3 aliphatic heterocycles. The predicted molar refractivity (Wildman–Crippen MR) is 108 cm³/mol. The van der Waals surface area contributed by atoms with Gasteiger partial charge in [-0.1, -0.05) is 0 Å². The molecule has 0 aliphatic carbocycles. The molecule has 1 aromatic rings. The number of rotatable bonds is 3. The second-order valence-electron chi connectivity index (χ2n) is 8.54. The van der Waals surface area contributed by atoms with Crippen molar-refractivity contribution in [3.05, 3.63) is 16.2 Å². The van der Waals surface area contributed by atoms with Crippen molar-refractivity contribution in [1.29, 1.82) is 0 Å². The van der Waals surface area contributed by atoms with Gasteiger partial charge in [-0.2, -0.15) is 22.5 Å². The van der Waals surface area contributed by atoms with Crippen molar-refractivity contribution in [3.8, 4) is 0 Å². The predicted octanol–water partition coefficient (Wildman–Crippen LogP) is 1.76. The first kappa shape index (κ1) is 22.8. The maximum Gasteiger partial charge on any atom is 0.408 e. The Hall–Kier alpha value is -2.37. The van der Waals surface area contributed by atoms with Crippen LogP contribution < -0.4 is 15.4 Å². The summed E-state index contributed by atoms with van der Waals surface area (Å²) in [6.07, 6.45) is -2.52. The van der Waals surface area contributed by atoms with Crippen LogP contribution in [0.4, 0.5) is 29.3 Å². The monoisotopic (exact) mass is 461 g/mol. The Bertz CT molecular complexity index is 916. The molecule has 12 heteroatoms. The van der Waals surface area contributed by atoms with Gasteiger partial charge in [0.25, 0.3) is 5.56 Å². The molecule has 1 amide bonds. The zero-order valence-corrected chi connectivity index (χ0v) is 17.9. The zero-order chi connectivity index (χ0) is 23.0. The van der Waals surface area contributed by atoms with Crippen LogP contribution in [0.2, 0.25) is 0 Å². The van der Waals surface area contributed by atoms with E-state index in [1.807, 2.05) is 0 Å². The molecule has 4 heterocycles. The minimum absolute atomic E-state index is 0.253. The Morgan fingerprint density at radius 1 is 1.16 bits per heavy atom. The third kappa shape index (κ3) is 4.28. The highest BCUT2D eigenvalue weighted by molar-refractivity contribution is 5.81. The van der Waals surface area contributed by atoms with Crippen LogP contribution in [-0.4, -0.2) is 78.0 Å². The van der Waals surface area contributed by atoms with Gasteiger partial charge in [0.05, 0.1) is 19.3 Å². The number of ether oxygens (including phenoxy) is 1. The molecule has 0 aromatic carbocycles. The number of nitrogens with zero attached hydrogens (tertiary/aromatic N) is 5. The van der Waals surface area contributed by atoms with Crippen molar-refractivity contribution < 1.29 is 27.1 Å². The van der Waals surface area contributed by atoms with E-state index in [-0.39, 0.29) is 44.1 Å². The Labute approximate surface area is 182 Å². The van der Waals surface area contributed by atoms with Crippen molar-refractivity contribution in [2.75, 3.05) is 49.2 Å². The molecule has 0 bridgehead atoms. The van der Waals surface area contributed by atoms with E-state index in [0.717, 1.165) is 28.7 Å². The van der Waals surface area contributed by atoms with Gasteiger partial charge in [-0.15, -0.1) is 0 Å². The topological polar surface area (TPSA) is 70.9 Å². The number of carbonyl (C=O) groups is 1. The smallest absolute Gasteiger partial charge is 0.377 e. The first-order valence-electron chi connectivity index (χ1n) is 10.9. The molecule has 2 saturated heterocycles. The molecular formula is C20H27F4N5O3. The molecule has 178 valence electrons. The lowest BCUT2D eigenvalue weighted by Gasteiger charge is -2.41. The highest BCUT2D eigenvalue weighted by Crippen LogP contribution is 2.35. The molecule has 32 heavy (non-hydrogen) atoms. The Balaban J connectivity index is 1.75. The molecule has 1 aromatic heterocycles. The summed E-state index contributed by atoms with van der Waals surface area (Å²) in [5.41, 5.74) is -1.03. The van der Waals surface area contributed by atoms with Gasteiger partial charge in [0.2, 0.25) is 17.7 Å². The first-order chi connectivity index (χ1) is 15.2. The van der Waals surface area contributed by atoms with Gasteiger partial charge in [-0.3, -0.25) is 14.2 Å². The number of amides is 1. The second kappa shape index (κ2) is 8.87. The number of alkyl halides is 3. The quantitative estimate of drug-likeness (QED) is 0.639. The SMILES string of the molecule is CC1COCCN1c1nc2n(c(=O)c1F)CCC(C(F)(F)F)N2CC(=O)N1CCCCC1. The molecule has 4 rings (SSSR count). The Morgan fingerprint density at radius 3 is 2.53 bits per heavy atom. The number of halogens is 4. The molecular weight excluding hydrogens is 434 g/mol. The Morgan fingerprint density at radius 2 is 1.88 bits per heavy atom. The third-order valence-corrected chi connectivity index (χ3v) is 6.37. The van der Waals surface area contributed by atoms with Crippen LogP contribution >= 0.6 is 0 Å². The average Bonchev–Trinajstić information content (AvgIpc) is 2.76. The summed E-state index contributed by atoms with van der Waals surface area (Å²) in [5, 5.41) is 0. The molecule has 0 saturated carbocycles. The lowest BCUT2D eigenvalue weighted by atomic mass is 10.1. The lowest BCUT2D eigenvalue weighted by Crippen LogP contribution is -2.56. The van der Waals surface area contributed by atoms with Gasteiger partial charge < -0.3 is 19.4 Å². The molecule has 2 fully saturated rings. The summed E-state index contributed by atoms with van der Waals surface area (Å²) in [6, 6.07) is -2.29. The summed E-state index contributed by atoms with van der Waals surface area (Å²) in [5.74, 6) is -2.16. The average molecular weight is 461 g/mol. The van der Waals surface area contributed by atoms with E-state index in [9.17, 15) is 27.2 Å². The minimum Gasteiger partial charge on any atom is -0.377 e. The number of hydrogen-bond acceptors (Lipinski definition) is 6. The third-order valence-electron chi connectivity index (χ3n) is 6.37. The van der Waals surface area contributed by atoms with Crippen LogP contribution in [-0.2, 0) is 16.1 Å². The summed E-state index contributed by atoms with van der Waals surface area (Å²) < 4.78 is 62.9. The van der Waals surface area contributed by atoms with Crippen LogP contribution in [0.5, 0.6) is 0 Å². The zero-order valence-electron chi connectivity index (χ0n) is 17.9. The molecule has 8 nitrogen and oxygen atoms in total. The fourth-order valence-electron chi connectivity index (χ4n) is 4.62. The van der Waals surface area contributed by atoms with Crippen LogP contribution in [0.1, 0.15) is 32.6 Å². The maximum atomic E-state index is 15.0. The molecule has 0 radical (unpaired) electrons. The van der Waals surface area contributed by atoms with E-state index in [4.69, 9.17) is 4.74 Å².